The molecule has 0 aliphatic rings. The number of aryl methyl sites for hydroxylation is 1. The summed E-state index contributed by atoms with van der Waals surface area (Å²) >= 11 is 0. The molecule has 0 fully saturated rings. The molecule has 0 aromatic heterocycles. The van der Waals surface area contributed by atoms with Crippen LogP contribution in [0, 0.1) is 18.7 Å². The fraction of sp³-hybridized carbons (Fsp3) is 0.600. The first kappa shape index (κ1) is 14.0. The zero-order valence-corrected chi connectivity index (χ0v) is 11.2. The van der Waals surface area contributed by atoms with Crippen LogP contribution in [0.4, 0.5) is 10.1 Å². The van der Waals surface area contributed by atoms with Crippen LogP contribution < -0.4 is 5.32 Å². The number of benzene rings is 1. The Morgan fingerprint density at radius 1 is 1.29 bits per heavy atom. The van der Waals surface area contributed by atoms with Gasteiger partial charge in [0, 0.05) is 6.54 Å². The van der Waals surface area contributed by atoms with E-state index in [9.17, 15) is 4.39 Å². The molecule has 96 valence electrons. The lowest BCUT2D eigenvalue weighted by Gasteiger charge is -2.17. The highest BCUT2D eigenvalue weighted by atomic mass is 19.1. The lowest BCUT2D eigenvalue weighted by atomic mass is 9.99. The van der Waals surface area contributed by atoms with Crippen LogP contribution in [0.1, 0.15) is 45.1 Å². The zero-order chi connectivity index (χ0) is 12.7. The second kappa shape index (κ2) is 7.31. The molecule has 0 saturated heterocycles. The molecule has 17 heavy (non-hydrogen) atoms. The summed E-state index contributed by atoms with van der Waals surface area (Å²) in [5, 5.41) is 3.27. The summed E-state index contributed by atoms with van der Waals surface area (Å²) in [5.74, 6) is 0.504. The number of rotatable bonds is 7. The smallest absolute Gasteiger partial charge is 0.146 e. The van der Waals surface area contributed by atoms with E-state index >= 15 is 0 Å². The lowest BCUT2D eigenvalue weighted by Crippen LogP contribution is -2.15. The monoisotopic (exact) mass is 237 g/mol. The summed E-state index contributed by atoms with van der Waals surface area (Å²) in [6.45, 7) is 7.23. The predicted octanol–water partition coefficient (Wildman–Crippen LogP) is 4.76. The molecule has 1 rings (SSSR count). The van der Waals surface area contributed by atoms with Crippen molar-refractivity contribution in [1.82, 2.24) is 0 Å². The van der Waals surface area contributed by atoms with Gasteiger partial charge in [-0.1, -0.05) is 45.2 Å². The normalized spacial score (nSPS) is 12.5. The average molecular weight is 237 g/mol. The summed E-state index contributed by atoms with van der Waals surface area (Å²) in [4.78, 5) is 0. The van der Waals surface area contributed by atoms with Crippen LogP contribution in [0.2, 0.25) is 0 Å². The molecule has 1 unspecified atom stereocenters. The number of hydrogen-bond acceptors (Lipinski definition) is 1. The number of nitrogens with one attached hydrogen (secondary N) is 1. The van der Waals surface area contributed by atoms with Gasteiger partial charge in [0.05, 0.1) is 5.69 Å². The van der Waals surface area contributed by atoms with Crippen LogP contribution in [0.3, 0.4) is 0 Å². The van der Waals surface area contributed by atoms with Crippen molar-refractivity contribution in [3.8, 4) is 0 Å². The fourth-order valence-corrected chi connectivity index (χ4v) is 2.05. The van der Waals surface area contributed by atoms with Crippen LogP contribution >= 0.6 is 0 Å². The van der Waals surface area contributed by atoms with Crippen LogP contribution in [0.15, 0.2) is 18.2 Å². The van der Waals surface area contributed by atoms with Gasteiger partial charge in [0.25, 0.3) is 0 Å². The average Bonchev–Trinajstić information content (AvgIpc) is 2.32. The van der Waals surface area contributed by atoms with Gasteiger partial charge in [0.15, 0.2) is 0 Å². The molecule has 1 nitrogen and oxygen atoms in total. The minimum atomic E-state index is -0.143. The Labute approximate surface area is 104 Å². The minimum absolute atomic E-state index is 0.143. The molecule has 0 bridgehead atoms. The Morgan fingerprint density at radius 2 is 2.06 bits per heavy atom. The Morgan fingerprint density at radius 3 is 2.65 bits per heavy atom. The number of anilines is 1. The van der Waals surface area contributed by atoms with Gasteiger partial charge in [0.1, 0.15) is 5.82 Å². The van der Waals surface area contributed by atoms with Crippen molar-refractivity contribution in [2.45, 2.75) is 46.5 Å². The van der Waals surface area contributed by atoms with Gasteiger partial charge >= 0.3 is 0 Å². The highest BCUT2D eigenvalue weighted by Crippen LogP contribution is 2.20. The molecule has 1 aromatic rings. The summed E-state index contributed by atoms with van der Waals surface area (Å²) in [7, 11) is 0. The molecule has 1 aromatic carbocycles. The third-order valence-electron chi connectivity index (χ3n) is 3.33. The van der Waals surface area contributed by atoms with Crippen LogP contribution in [-0.4, -0.2) is 6.54 Å². The molecule has 0 radical (unpaired) electrons. The first-order valence-corrected chi connectivity index (χ1v) is 6.68. The van der Waals surface area contributed by atoms with Crippen molar-refractivity contribution < 1.29 is 4.39 Å². The Kier molecular flexibility index (Phi) is 6.03. The third kappa shape index (κ3) is 4.37. The number of para-hydroxylation sites is 1. The molecule has 0 amide bonds. The van der Waals surface area contributed by atoms with E-state index in [-0.39, 0.29) is 5.82 Å². The Bertz CT molecular complexity index is 315. The summed E-state index contributed by atoms with van der Waals surface area (Å²) in [6.07, 6.45) is 4.87. The molecule has 2 heteroatoms. The van der Waals surface area contributed by atoms with Crippen molar-refractivity contribution >= 4 is 5.69 Å². The zero-order valence-electron chi connectivity index (χ0n) is 11.2. The molecule has 0 spiro atoms. The van der Waals surface area contributed by atoms with E-state index in [4.69, 9.17) is 0 Å². The van der Waals surface area contributed by atoms with E-state index in [1.807, 2.05) is 13.0 Å². The first-order valence-electron chi connectivity index (χ1n) is 6.68. The lowest BCUT2D eigenvalue weighted by molar-refractivity contribution is 0.471. The van der Waals surface area contributed by atoms with E-state index in [1.165, 1.54) is 25.3 Å². The second-order valence-corrected chi connectivity index (χ2v) is 4.73. The van der Waals surface area contributed by atoms with E-state index in [1.54, 1.807) is 6.07 Å². The largest absolute Gasteiger partial charge is 0.382 e. The quantitative estimate of drug-likeness (QED) is 0.720. The fourth-order valence-electron chi connectivity index (χ4n) is 2.05. The summed E-state index contributed by atoms with van der Waals surface area (Å²) in [6, 6.07) is 5.21. The van der Waals surface area contributed by atoms with Gasteiger partial charge in [-0.2, -0.15) is 0 Å². The number of hydrogen-bond donors (Lipinski definition) is 1. The maximum atomic E-state index is 13.6. The highest BCUT2D eigenvalue weighted by molar-refractivity contribution is 5.51. The SMILES string of the molecule is CCCCC(CC)CNc1c(C)cccc1F. The molecule has 0 saturated carbocycles. The number of unbranched alkanes of at least 4 members (excludes halogenated alkanes) is 1. The molecule has 0 aliphatic carbocycles. The molecule has 1 N–H and O–H groups in total. The van der Waals surface area contributed by atoms with Gasteiger partial charge in [-0.15, -0.1) is 0 Å². The van der Waals surface area contributed by atoms with Crippen LogP contribution in [-0.2, 0) is 0 Å². The van der Waals surface area contributed by atoms with Gasteiger partial charge in [-0.3, -0.25) is 0 Å². The molecule has 0 heterocycles. The van der Waals surface area contributed by atoms with Crippen molar-refractivity contribution in [3.05, 3.63) is 29.6 Å². The Balaban J connectivity index is 2.53. The van der Waals surface area contributed by atoms with Gasteiger partial charge in [-0.05, 0) is 30.9 Å². The van der Waals surface area contributed by atoms with Crippen LogP contribution in [0.5, 0.6) is 0 Å². The molecular weight excluding hydrogens is 213 g/mol. The topological polar surface area (TPSA) is 12.0 Å². The Hall–Kier alpha value is -1.05. The van der Waals surface area contributed by atoms with Crippen molar-refractivity contribution in [2.24, 2.45) is 5.92 Å². The maximum Gasteiger partial charge on any atom is 0.146 e. The summed E-state index contributed by atoms with van der Waals surface area (Å²) in [5.41, 5.74) is 1.65. The molecular formula is C15H24FN. The van der Waals surface area contributed by atoms with E-state index < -0.39 is 0 Å². The van der Waals surface area contributed by atoms with E-state index in [0.29, 0.717) is 11.6 Å². The van der Waals surface area contributed by atoms with Gasteiger partial charge in [0.2, 0.25) is 0 Å². The first-order chi connectivity index (χ1) is 8.19. The third-order valence-corrected chi connectivity index (χ3v) is 3.33. The summed E-state index contributed by atoms with van der Waals surface area (Å²) < 4.78 is 13.6. The second-order valence-electron chi connectivity index (χ2n) is 4.73. The van der Waals surface area contributed by atoms with Crippen molar-refractivity contribution in [1.29, 1.82) is 0 Å². The van der Waals surface area contributed by atoms with E-state index in [0.717, 1.165) is 18.5 Å². The predicted molar refractivity (Wildman–Crippen MR) is 72.9 cm³/mol. The molecule has 1 atom stereocenters. The van der Waals surface area contributed by atoms with E-state index in [2.05, 4.69) is 19.2 Å². The van der Waals surface area contributed by atoms with Crippen LogP contribution in [0.25, 0.3) is 0 Å². The van der Waals surface area contributed by atoms with Crippen molar-refractivity contribution in [3.63, 3.8) is 0 Å². The molecule has 0 aliphatic heterocycles. The van der Waals surface area contributed by atoms with Crippen molar-refractivity contribution in [2.75, 3.05) is 11.9 Å². The standard InChI is InChI=1S/C15H24FN/c1-4-6-9-13(5-2)11-17-15-12(3)8-7-10-14(15)16/h7-8,10,13,17H,4-6,9,11H2,1-3H3. The maximum absolute atomic E-state index is 13.6. The van der Waals surface area contributed by atoms with Gasteiger partial charge in [-0.25, -0.2) is 4.39 Å². The highest BCUT2D eigenvalue weighted by Gasteiger charge is 2.09. The minimum Gasteiger partial charge on any atom is -0.382 e. The number of halogens is 1. The van der Waals surface area contributed by atoms with Gasteiger partial charge < -0.3 is 5.32 Å².